The normalized spacial score (nSPS) is 9.00. The number of likely N-dealkylation sites (N-methyl/N-ethyl adjacent to an activating group) is 1. The van der Waals surface area contributed by atoms with Crippen molar-refractivity contribution in [3.8, 4) is 0 Å². The van der Waals surface area contributed by atoms with Gasteiger partial charge < -0.3 is 4.74 Å². The van der Waals surface area contributed by atoms with E-state index in [0.717, 1.165) is 4.31 Å². The molecule has 0 radical (unpaired) electrons. The van der Waals surface area contributed by atoms with Crippen molar-refractivity contribution < 1.29 is 14.3 Å². The molecule has 0 saturated carbocycles. The molecule has 0 aliphatic heterocycles. The van der Waals surface area contributed by atoms with Crippen molar-refractivity contribution in [2.24, 2.45) is 0 Å². The van der Waals surface area contributed by atoms with Crippen LogP contribution in [0.2, 0.25) is 0 Å². The van der Waals surface area contributed by atoms with Gasteiger partial charge in [-0.15, -0.1) is 0 Å². The van der Waals surface area contributed by atoms with Gasteiger partial charge in [-0.05, 0) is 13.8 Å². The number of hydrogen-bond donors (Lipinski definition) is 1. The van der Waals surface area contributed by atoms with Crippen molar-refractivity contribution in [2.45, 2.75) is 13.8 Å². The number of carbonyl (C=O) groups excluding carboxylic acids is 2. The molecule has 0 atom stereocenters. The third kappa shape index (κ3) is 3.27. The Morgan fingerprint density at radius 2 is 2.00 bits per heavy atom. The Hall–Kier alpha value is -0.710. The lowest BCUT2D eigenvalue weighted by molar-refractivity contribution is -0.157. The fourth-order valence-corrected chi connectivity index (χ4v) is 0.523. The predicted octanol–water partition coefficient (Wildman–Crippen LogP) is 0.243. The second kappa shape index (κ2) is 5.01. The van der Waals surface area contributed by atoms with Gasteiger partial charge in [0.05, 0.1) is 6.61 Å². The zero-order valence-corrected chi connectivity index (χ0v) is 7.43. The van der Waals surface area contributed by atoms with Gasteiger partial charge in [-0.3, -0.25) is 9.10 Å². The Bertz CT molecular complexity index is 160. The molecule has 0 fully saturated rings. The lowest BCUT2D eigenvalue weighted by Gasteiger charge is -2.10. The number of carbonyl (C=O) groups is 2. The zero-order valence-electron chi connectivity index (χ0n) is 6.53. The minimum Gasteiger partial charge on any atom is -0.459 e. The molecular formula is C6H11NO3S. The Morgan fingerprint density at radius 3 is 2.36 bits per heavy atom. The standard InChI is InChI=1S/C6H11NO3S/c1-3-7(11)5(8)6(9)10-4-2/h11H,3-4H2,1-2H3. The van der Waals surface area contributed by atoms with Gasteiger partial charge in [-0.25, -0.2) is 4.79 Å². The zero-order chi connectivity index (χ0) is 8.85. The Morgan fingerprint density at radius 1 is 1.45 bits per heavy atom. The van der Waals surface area contributed by atoms with Crippen molar-refractivity contribution in [3.05, 3.63) is 0 Å². The summed E-state index contributed by atoms with van der Waals surface area (Å²) in [4.78, 5) is 21.5. The average Bonchev–Trinajstić information content (AvgIpc) is 2.02. The summed E-state index contributed by atoms with van der Waals surface area (Å²) < 4.78 is 5.45. The molecule has 0 aliphatic carbocycles. The first-order valence-corrected chi connectivity index (χ1v) is 3.71. The quantitative estimate of drug-likeness (QED) is 0.373. The molecule has 1 amide bonds. The number of amides is 1. The van der Waals surface area contributed by atoms with Crippen LogP contribution in [0.4, 0.5) is 0 Å². The molecule has 0 unspecified atom stereocenters. The van der Waals surface area contributed by atoms with Crippen LogP contribution in [0, 0.1) is 0 Å². The number of thiol groups is 1. The molecule has 11 heavy (non-hydrogen) atoms. The Balaban J connectivity index is 3.92. The highest BCUT2D eigenvalue weighted by Crippen LogP contribution is 1.94. The van der Waals surface area contributed by atoms with E-state index in [-0.39, 0.29) is 6.61 Å². The van der Waals surface area contributed by atoms with Crippen LogP contribution in [-0.2, 0) is 14.3 Å². The van der Waals surface area contributed by atoms with Crippen molar-refractivity contribution >= 4 is 24.7 Å². The van der Waals surface area contributed by atoms with Crippen LogP contribution in [0.25, 0.3) is 0 Å². The highest BCUT2D eigenvalue weighted by Gasteiger charge is 2.18. The number of rotatable bonds is 2. The number of esters is 1. The van der Waals surface area contributed by atoms with Crippen molar-refractivity contribution in [3.63, 3.8) is 0 Å². The SMILES string of the molecule is CCOC(=O)C(=O)N(S)CC. The summed E-state index contributed by atoms with van der Waals surface area (Å²) in [5, 5.41) is 0. The highest BCUT2D eigenvalue weighted by atomic mass is 32.1. The average molecular weight is 177 g/mol. The molecule has 64 valence electrons. The summed E-state index contributed by atoms with van der Waals surface area (Å²) in [6.07, 6.45) is 0. The molecule has 4 nitrogen and oxygen atoms in total. The molecule has 0 aliphatic rings. The van der Waals surface area contributed by atoms with Crippen LogP contribution in [-0.4, -0.2) is 29.3 Å². The van der Waals surface area contributed by atoms with E-state index in [1.54, 1.807) is 13.8 Å². The van der Waals surface area contributed by atoms with Crippen LogP contribution < -0.4 is 0 Å². The Labute approximate surface area is 71.1 Å². The topological polar surface area (TPSA) is 46.6 Å². The van der Waals surface area contributed by atoms with E-state index < -0.39 is 11.9 Å². The summed E-state index contributed by atoms with van der Waals surface area (Å²) in [5.74, 6) is -1.58. The number of ether oxygens (including phenoxy) is 1. The molecule has 0 rings (SSSR count). The van der Waals surface area contributed by atoms with Gasteiger partial charge in [0.15, 0.2) is 0 Å². The molecule has 5 heteroatoms. The predicted molar refractivity (Wildman–Crippen MR) is 43.0 cm³/mol. The first-order chi connectivity index (χ1) is 5.13. The van der Waals surface area contributed by atoms with Gasteiger partial charge in [0.2, 0.25) is 0 Å². The van der Waals surface area contributed by atoms with E-state index in [9.17, 15) is 9.59 Å². The van der Waals surface area contributed by atoms with E-state index in [0.29, 0.717) is 6.54 Å². The highest BCUT2D eigenvalue weighted by molar-refractivity contribution is 7.78. The van der Waals surface area contributed by atoms with Gasteiger partial charge in [0, 0.05) is 6.54 Å². The molecule has 0 heterocycles. The fourth-order valence-electron chi connectivity index (χ4n) is 0.442. The van der Waals surface area contributed by atoms with E-state index in [4.69, 9.17) is 0 Å². The van der Waals surface area contributed by atoms with Crippen LogP contribution >= 0.6 is 12.8 Å². The third-order valence-electron chi connectivity index (χ3n) is 0.984. The van der Waals surface area contributed by atoms with Gasteiger partial charge in [0.25, 0.3) is 0 Å². The van der Waals surface area contributed by atoms with Crippen LogP contribution in [0.15, 0.2) is 0 Å². The summed E-state index contributed by atoms with van der Waals surface area (Å²) in [7, 11) is 0. The maximum absolute atomic E-state index is 10.8. The minimum absolute atomic E-state index is 0.204. The van der Waals surface area contributed by atoms with Gasteiger partial charge >= 0.3 is 11.9 Å². The lowest BCUT2D eigenvalue weighted by Crippen LogP contribution is -2.30. The van der Waals surface area contributed by atoms with Crippen LogP contribution in [0.5, 0.6) is 0 Å². The molecule has 0 spiro atoms. The molecule has 0 saturated heterocycles. The molecule has 0 aromatic rings. The van der Waals surface area contributed by atoms with E-state index >= 15 is 0 Å². The van der Waals surface area contributed by atoms with Crippen molar-refractivity contribution in [1.29, 1.82) is 0 Å². The van der Waals surface area contributed by atoms with Crippen LogP contribution in [0.3, 0.4) is 0 Å². The molecule has 0 aromatic carbocycles. The van der Waals surface area contributed by atoms with E-state index in [1.165, 1.54) is 0 Å². The number of hydrogen-bond acceptors (Lipinski definition) is 4. The van der Waals surface area contributed by atoms with Crippen molar-refractivity contribution in [1.82, 2.24) is 4.31 Å². The molecule has 0 N–H and O–H groups in total. The lowest BCUT2D eigenvalue weighted by atomic mass is 10.6. The van der Waals surface area contributed by atoms with Crippen molar-refractivity contribution in [2.75, 3.05) is 13.2 Å². The van der Waals surface area contributed by atoms with Gasteiger partial charge in [0.1, 0.15) is 0 Å². The fraction of sp³-hybridized carbons (Fsp3) is 0.667. The van der Waals surface area contributed by atoms with Gasteiger partial charge in [-0.1, -0.05) is 12.8 Å². The molecule has 0 bridgehead atoms. The molecule has 0 aromatic heterocycles. The first kappa shape index (κ1) is 10.3. The first-order valence-electron chi connectivity index (χ1n) is 3.31. The third-order valence-corrected chi connectivity index (χ3v) is 1.45. The second-order valence-electron chi connectivity index (χ2n) is 1.74. The summed E-state index contributed by atoms with van der Waals surface area (Å²) in [5.41, 5.74) is 0. The second-order valence-corrected chi connectivity index (χ2v) is 2.22. The maximum Gasteiger partial charge on any atom is 0.397 e. The van der Waals surface area contributed by atoms with E-state index in [2.05, 4.69) is 17.6 Å². The Kier molecular flexibility index (Phi) is 4.69. The largest absolute Gasteiger partial charge is 0.459 e. The smallest absolute Gasteiger partial charge is 0.397 e. The van der Waals surface area contributed by atoms with Gasteiger partial charge in [-0.2, -0.15) is 0 Å². The maximum atomic E-state index is 10.8. The number of nitrogens with zero attached hydrogens (tertiary/aromatic N) is 1. The molecular weight excluding hydrogens is 166 g/mol. The summed E-state index contributed by atoms with van der Waals surface area (Å²) >= 11 is 3.74. The monoisotopic (exact) mass is 177 g/mol. The van der Waals surface area contributed by atoms with Crippen LogP contribution in [0.1, 0.15) is 13.8 Å². The van der Waals surface area contributed by atoms with E-state index in [1.807, 2.05) is 0 Å². The minimum atomic E-state index is -0.857. The summed E-state index contributed by atoms with van der Waals surface area (Å²) in [6, 6.07) is 0. The summed E-state index contributed by atoms with van der Waals surface area (Å²) in [6.45, 7) is 3.93.